The Bertz CT molecular complexity index is 383. The molecule has 1 heterocycles. The molecule has 0 spiro atoms. The summed E-state index contributed by atoms with van der Waals surface area (Å²) >= 11 is 0. The number of hydrogen-bond donors (Lipinski definition) is 1. The molecule has 1 N–H and O–H groups in total. The summed E-state index contributed by atoms with van der Waals surface area (Å²) in [5, 5.41) is 3.16. The van der Waals surface area contributed by atoms with Gasteiger partial charge in [0.2, 0.25) is 5.91 Å². The van der Waals surface area contributed by atoms with Gasteiger partial charge in [-0.25, -0.2) is 0 Å². The van der Waals surface area contributed by atoms with Gasteiger partial charge in [-0.3, -0.25) is 4.79 Å². The molecular weight excluding hydrogens is 222 g/mol. The van der Waals surface area contributed by atoms with E-state index in [1.165, 1.54) is 18.4 Å². The zero-order valence-electron chi connectivity index (χ0n) is 11.4. The van der Waals surface area contributed by atoms with E-state index in [1.807, 2.05) is 6.07 Å². The first kappa shape index (κ1) is 13.1. The maximum Gasteiger partial charge on any atom is 0.220 e. The Balaban J connectivity index is 2.07. The Morgan fingerprint density at radius 1 is 1.22 bits per heavy atom. The van der Waals surface area contributed by atoms with E-state index >= 15 is 0 Å². The topological polar surface area (TPSA) is 29.1 Å². The molecule has 2 heteroatoms. The first-order chi connectivity index (χ1) is 8.74. The lowest BCUT2D eigenvalue weighted by Gasteiger charge is -2.26. The molecule has 1 aliphatic heterocycles. The predicted octanol–water partition coefficient (Wildman–Crippen LogP) is 3.17. The zero-order chi connectivity index (χ0) is 13.0. The van der Waals surface area contributed by atoms with Gasteiger partial charge in [-0.15, -0.1) is 0 Å². The molecule has 0 saturated carbocycles. The first-order valence-electron chi connectivity index (χ1n) is 7.07. The highest BCUT2D eigenvalue weighted by Gasteiger charge is 2.36. The van der Waals surface area contributed by atoms with Crippen LogP contribution >= 0.6 is 0 Å². The quantitative estimate of drug-likeness (QED) is 0.848. The lowest BCUT2D eigenvalue weighted by molar-refractivity contribution is -0.119. The number of hydrogen-bond acceptors (Lipinski definition) is 1. The smallest absolute Gasteiger partial charge is 0.220 e. The fraction of sp³-hybridized carbons (Fsp3) is 0.562. The fourth-order valence-corrected chi connectivity index (χ4v) is 3.19. The fourth-order valence-electron chi connectivity index (χ4n) is 3.19. The average molecular weight is 245 g/mol. The highest BCUT2D eigenvalue weighted by atomic mass is 16.2. The van der Waals surface area contributed by atoms with Crippen LogP contribution < -0.4 is 5.32 Å². The number of benzene rings is 1. The molecule has 2 nitrogen and oxygen atoms in total. The number of carbonyl (C=O) groups excluding carboxylic acids is 1. The van der Waals surface area contributed by atoms with E-state index in [2.05, 4.69) is 43.4 Å². The van der Waals surface area contributed by atoms with Crippen molar-refractivity contribution in [2.75, 3.05) is 0 Å². The van der Waals surface area contributed by atoms with E-state index in [-0.39, 0.29) is 5.91 Å². The van der Waals surface area contributed by atoms with Gasteiger partial charge >= 0.3 is 0 Å². The molecule has 18 heavy (non-hydrogen) atoms. The number of amides is 1. The van der Waals surface area contributed by atoms with Crippen LogP contribution in [0.3, 0.4) is 0 Å². The SMILES string of the molecule is CCC(CC)C1CC(=O)NC1Cc1ccccc1. The third-order valence-electron chi connectivity index (χ3n) is 4.24. The summed E-state index contributed by atoms with van der Waals surface area (Å²) in [5.74, 6) is 1.40. The molecule has 1 fully saturated rings. The van der Waals surface area contributed by atoms with Crippen molar-refractivity contribution in [2.45, 2.75) is 45.6 Å². The third kappa shape index (κ3) is 2.92. The molecular formula is C16H23NO. The number of carbonyl (C=O) groups is 1. The summed E-state index contributed by atoms with van der Waals surface area (Å²) in [6, 6.07) is 10.8. The van der Waals surface area contributed by atoms with Gasteiger partial charge in [-0.1, -0.05) is 57.0 Å². The Morgan fingerprint density at radius 2 is 1.89 bits per heavy atom. The minimum absolute atomic E-state index is 0.229. The minimum atomic E-state index is 0.229. The van der Waals surface area contributed by atoms with Gasteiger partial charge in [0.1, 0.15) is 0 Å². The normalized spacial score (nSPS) is 23.4. The Morgan fingerprint density at radius 3 is 2.50 bits per heavy atom. The van der Waals surface area contributed by atoms with E-state index < -0.39 is 0 Å². The van der Waals surface area contributed by atoms with Crippen molar-refractivity contribution in [1.82, 2.24) is 5.32 Å². The maximum atomic E-state index is 11.7. The van der Waals surface area contributed by atoms with Crippen molar-refractivity contribution in [2.24, 2.45) is 11.8 Å². The van der Waals surface area contributed by atoms with E-state index in [0.29, 0.717) is 24.3 Å². The van der Waals surface area contributed by atoms with Crippen molar-refractivity contribution in [3.05, 3.63) is 35.9 Å². The van der Waals surface area contributed by atoms with Gasteiger partial charge < -0.3 is 5.32 Å². The molecule has 0 radical (unpaired) electrons. The monoisotopic (exact) mass is 245 g/mol. The Labute approximate surface area is 110 Å². The van der Waals surface area contributed by atoms with Crippen molar-refractivity contribution >= 4 is 5.91 Å². The summed E-state index contributed by atoms with van der Waals surface area (Å²) in [4.78, 5) is 11.7. The largest absolute Gasteiger partial charge is 0.353 e. The summed E-state index contributed by atoms with van der Waals surface area (Å²) in [7, 11) is 0. The van der Waals surface area contributed by atoms with Crippen LogP contribution in [0.1, 0.15) is 38.7 Å². The van der Waals surface area contributed by atoms with Crippen LogP contribution in [0.4, 0.5) is 0 Å². The van der Waals surface area contributed by atoms with Crippen LogP contribution in [-0.2, 0) is 11.2 Å². The van der Waals surface area contributed by atoms with Gasteiger partial charge in [0.25, 0.3) is 0 Å². The first-order valence-corrected chi connectivity index (χ1v) is 7.07. The van der Waals surface area contributed by atoms with Gasteiger partial charge in [0.15, 0.2) is 0 Å². The Kier molecular flexibility index (Phi) is 4.40. The van der Waals surface area contributed by atoms with Crippen LogP contribution in [0, 0.1) is 11.8 Å². The van der Waals surface area contributed by atoms with Gasteiger partial charge in [0.05, 0.1) is 0 Å². The third-order valence-corrected chi connectivity index (χ3v) is 4.24. The van der Waals surface area contributed by atoms with E-state index in [1.54, 1.807) is 0 Å². The second-order valence-corrected chi connectivity index (χ2v) is 5.31. The molecule has 2 unspecified atom stereocenters. The zero-order valence-corrected chi connectivity index (χ0v) is 11.4. The predicted molar refractivity (Wildman–Crippen MR) is 74.3 cm³/mol. The second-order valence-electron chi connectivity index (χ2n) is 5.31. The van der Waals surface area contributed by atoms with Crippen LogP contribution in [0.2, 0.25) is 0 Å². The summed E-state index contributed by atoms with van der Waals surface area (Å²) in [5.41, 5.74) is 1.32. The number of rotatable bonds is 5. The van der Waals surface area contributed by atoms with E-state index in [4.69, 9.17) is 0 Å². The van der Waals surface area contributed by atoms with Gasteiger partial charge in [0, 0.05) is 12.5 Å². The molecule has 2 rings (SSSR count). The maximum absolute atomic E-state index is 11.7. The summed E-state index contributed by atoms with van der Waals surface area (Å²) in [6.07, 6.45) is 4.01. The summed E-state index contributed by atoms with van der Waals surface area (Å²) in [6.45, 7) is 4.47. The van der Waals surface area contributed by atoms with E-state index in [0.717, 1.165) is 6.42 Å². The molecule has 98 valence electrons. The standard InChI is InChI=1S/C16H23NO/c1-3-13(4-2)14-11-16(18)17-15(14)10-12-8-6-5-7-9-12/h5-9,13-15H,3-4,10-11H2,1-2H3,(H,17,18). The second kappa shape index (κ2) is 6.03. The molecule has 1 saturated heterocycles. The van der Waals surface area contributed by atoms with Crippen molar-refractivity contribution in [3.8, 4) is 0 Å². The van der Waals surface area contributed by atoms with Crippen LogP contribution in [0.5, 0.6) is 0 Å². The van der Waals surface area contributed by atoms with Crippen LogP contribution in [-0.4, -0.2) is 11.9 Å². The molecule has 1 amide bonds. The molecule has 0 bridgehead atoms. The highest BCUT2D eigenvalue weighted by Crippen LogP contribution is 2.31. The summed E-state index contributed by atoms with van der Waals surface area (Å²) < 4.78 is 0. The Hall–Kier alpha value is -1.31. The van der Waals surface area contributed by atoms with Crippen molar-refractivity contribution in [1.29, 1.82) is 0 Å². The highest BCUT2D eigenvalue weighted by molar-refractivity contribution is 5.79. The molecule has 2 atom stereocenters. The van der Waals surface area contributed by atoms with Crippen LogP contribution in [0.15, 0.2) is 30.3 Å². The minimum Gasteiger partial charge on any atom is -0.353 e. The van der Waals surface area contributed by atoms with Gasteiger partial charge in [-0.05, 0) is 23.8 Å². The van der Waals surface area contributed by atoms with Crippen LogP contribution in [0.25, 0.3) is 0 Å². The van der Waals surface area contributed by atoms with Gasteiger partial charge in [-0.2, -0.15) is 0 Å². The molecule has 1 aromatic carbocycles. The molecule has 1 aromatic rings. The number of nitrogens with one attached hydrogen (secondary N) is 1. The molecule has 0 aromatic heterocycles. The van der Waals surface area contributed by atoms with E-state index in [9.17, 15) is 4.79 Å². The lowest BCUT2D eigenvalue weighted by Crippen LogP contribution is -2.34. The van der Waals surface area contributed by atoms with Crippen molar-refractivity contribution < 1.29 is 4.79 Å². The lowest BCUT2D eigenvalue weighted by atomic mass is 9.81. The molecule has 0 aliphatic carbocycles. The average Bonchev–Trinajstić information content (AvgIpc) is 2.73. The molecule has 1 aliphatic rings. The van der Waals surface area contributed by atoms with Crippen molar-refractivity contribution in [3.63, 3.8) is 0 Å².